The minimum absolute atomic E-state index is 0.00718. The summed E-state index contributed by atoms with van der Waals surface area (Å²) in [7, 11) is 0. The minimum Gasteiger partial charge on any atom is -0.322 e. The van der Waals surface area contributed by atoms with Crippen LogP contribution in [0.2, 0.25) is 0 Å². The molecule has 0 saturated heterocycles. The highest BCUT2D eigenvalue weighted by Crippen LogP contribution is 2.23. The van der Waals surface area contributed by atoms with Gasteiger partial charge in [-0.15, -0.1) is 0 Å². The molecule has 3 heterocycles. The Labute approximate surface area is 129 Å². The molecule has 1 aliphatic heterocycles. The Kier molecular flexibility index (Phi) is 2.74. The van der Waals surface area contributed by atoms with E-state index in [9.17, 15) is 14.4 Å². The van der Waals surface area contributed by atoms with E-state index in [1.54, 1.807) is 40.9 Å². The molecule has 23 heavy (non-hydrogen) atoms. The zero-order valence-electron chi connectivity index (χ0n) is 11.7. The molecule has 0 N–H and O–H groups in total. The average molecular weight is 307 g/mol. The van der Waals surface area contributed by atoms with Crippen LogP contribution in [0.5, 0.6) is 0 Å². The Morgan fingerprint density at radius 1 is 0.957 bits per heavy atom. The van der Waals surface area contributed by atoms with Crippen LogP contribution in [0.15, 0.2) is 54.9 Å². The molecule has 112 valence electrons. The largest absolute Gasteiger partial charge is 0.383 e. The van der Waals surface area contributed by atoms with Crippen LogP contribution in [0.4, 0.5) is 0 Å². The first-order valence-corrected chi connectivity index (χ1v) is 6.79. The summed E-state index contributed by atoms with van der Waals surface area (Å²) >= 11 is 0. The quantitative estimate of drug-likeness (QED) is 0.673. The summed E-state index contributed by atoms with van der Waals surface area (Å²) in [5.41, 5.74) is 0.982. The van der Waals surface area contributed by atoms with Gasteiger partial charge in [-0.3, -0.25) is 9.59 Å². The van der Waals surface area contributed by atoms with Crippen molar-refractivity contribution in [2.75, 3.05) is 0 Å². The van der Waals surface area contributed by atoms with Crippen LogP contribution >= 0.6 is 0 Å². The predicted molar refractivity (Wildman–Crippen MR) is 77.5 cm³/mol. The summed E-state index contributed by atoms with van der Waals surface area (Å²) in [6, 6.07) is 11.6. The highest BCUT2D eigenvalue weighted by atomic mass is 16.7. The summed E-state index contributed by atoms with van der Waals surface area (Å²) in [5, 5.41) is 0.469. The van der Waals surface area contributed by atoms with Crippen molar-refractivity contribution in [1.29, 1.82) is 0 Å². The van der Waals surface area contributed by atoms with Gasteiger partial charge in [-0.25, -0.2) is 9.78 Å². The lowest BCUT2D eigenvalue weighted by Gasteiger charge is -2.11. The van der Waals surface area contributed by atoms with Gasteiger partial charge in [0.2, 0.25) is 0 Å². The molecule has 2 aromatic heterocycles. The number of aromatic nitrogens is 2. The molecule has 1 aliphatic rings. The van der Waals surface area contributed by atoms with Crippen LogP contribution in [0.3, 0.4) is 0 Å². The van der Waals surface area contributed by atoms with E-state index in [2.05, 4.69) is 4.98 Å². The molecule has 0 fully saturated rings. The maximum absolute atomic E-state index is 12.2. The van der Waals surface area contributed by atoms with E-state index in [-0.39, 0.29) is 16.8 Å². The number of pyridine rings is 1. The number of hydrogen-bond donors (Lipinski definition) is 0. The second-order valence-electron chi connectivity index (χ2n) is 4.92. The number of carbonyl (C=O) groups is 3. The molecular formula is C16H9N3O4. The maximum atomic E-state index is 12.2. The predicted octanol–water partition coefficient (Wildman–Crippen LogP) is 1.70. The number of imide groups is 1. The summed E-state index contributed by atoms with van der Waals surface area (Å²) in [6.45, 7) is 0. The van der Waals surface area contributed by atoms with E-state index in [1.807, 2.05) is 0 Å². The van der Waals surface area contributed by atoms with E-state index in [1.165, 1.54) is 18.3 Å². The van der Waals surface area contributed by atoms with E-state index < -0.39 is 17.8 Å². The van der Waals surface area contributed by atoms with Gasteiger partial charge in [0.25, 0.3) is 11.8 Å². The summed E-state index contributed by atoms with van der Waals surface area (Å²) in [5.74, 6) is -2.20. The van der Waals surface area contributed by atoms with Crippen molar-refractivity contribution in [2.45, 2.75) is 0 Å². The molecule has 4 rings (SSSR count). The van der Waals surface area contributed by atoms with Crippen molar-refractivity contribution in [3.8, 4) is 0 Å². The molecule has 0 aliphatic carbocycles. The Balaban J connectivity index is 1.62. The van der Waals surface area contributed by atoms with Gasteiger partial charge in [-0.2, -0.15) is 0 Å². The monoisotopic (exact) mass is 307 g/mol. The number of rotatable bonds is 2. The molecule has 0 bridgehead atoms. The van der Waals surface area contributed by atoms with Gasteiger partial charge in [0.05, 0.1) is 11.1 Å². The van der Waals surface area contributed by atoms with Crippen LogP contribution in [-0.4, -0.2) is 32.2 Å². The van der Waals surface area contributed by atoms with Gasteiger partial charge in [-0.05, 0) is 24.3 Å². The van der Waals surface area contributed by atoms with E-state index >= 15 is 0 Å². The molecule has 0 spiro atoms. The van der Waals surface area contributed by atoms with Crippen molar-refractivity contribution in [2.24, 2.45) is 0 Å². The van der Waals surface area contributed by atoms with Crippen LogP contribution in [0.1, 0.15) is 31.2 Å². The number of imidazole rings is 1. The van der Waals surface area contributed by atoms with Gasteiger partial charge in [-0.1, -0.05) is 23.3 Å². The third-order valence-corrected chi connectivity index (χ3v) is 3.50. The minimum atomic E-state index is -0.872. The fourth-order valence-electron chi connectivity index (χ4n) is 2.41. The molecule has 2 amide bonds. The van der Waals surface area contributed by atoms with Gasteiger partial charge >= 0.3 is 5.97 Å². The van der Waals surface area contributed by atoms with Crippen LogP contribution in [0, 0.1) is 0 Å². The highest BCUT2D eigenvalue weighted by Gasteiger charge is 2.39. The summed E-state index contributed by atoms with van der Waals surface area (Å²) < 4.78 is 1.64. The number of amides is 2. The normalized spacial score (nSPS) is 13.5. The second-order valence-corrected chi connectivity index (χ2v) is 4.92. The smallest absolute Gasteiger partial charge is 0.322 e. The topological polar surface area (TPSA) is 81.0 Å². The van der Waals surface area contributed by atoms with Crippen molar-refractivity contribution >= 4 is 23.4 Å². The average Bonchev–Trinajstić information content (AvgIpc) is 3.11. The van der Waals surface area contributed by atoms with E-state index in [0.29, 0.717) is 10.7 Å². The molecule has 7 heteroatoms. The number of carbonyl (C=O) groups excluding carboxylic acids is 3. The first-order valence-electron chi connectivity index (χ1n) is 6.79. The molecule has 1 aromatic carbocycles. The lowest BCUT2D eigenvalue weighted by molar-refractivity contribution is -0.0588. The fraction of sp³-hybridized carbons (Fsp3) is 0. The molecule has 0 unspecified atom stereocenters. The number of hydrogen-bond acceptors (Lipinski definition) is 5. The van der Waals surface area contributed by atoms with Gasteiger partial charge in [0.1, 0.15) is 5.65 Å². The van der Waals surface area contributed by atoms with Crippen molar-refractivity contribution in [3.05, 3.63) is 71.7 Å². The molecule has 0 saturated carbocycles. The zero-order valence-corrected chi connectivity index (χ0v) is 11.7. The first kappa shape index (κ1) is 13.2. The lowest BCUT2D eigenvalue weighted by atomic mass is 10.1. The highest BCUT2D eigenvalue weighted by molar-refractivity contribution is 6.21. The zero-order chi connectivity index (χ0) is 16.0. The first-order chi connectivity index (χ1) is 11.1. The second kappa shape index (κ2) is 4.77. The molecule has 0 radical (unpaired) electrons. The third kappa shape index (κ3) is 1.98. The van der Waals surface area contributed by atoms with Crippen molar-refractivity contribution in [1.82, 2.24) is 14.4 Å². The SMILES string of the molecule is O=C(ON1C(=O)c2ccccc2C1=O)c1cn2ccccc2n1. The van der Waals surface area contributed by atoms with Gasteiger partial charge in [0.15, 0.2) is 5.69 Å². The Morgan fingerprint density at radius 3 is 2.26 bits per heavy atom. The number of hydroxylamine groups is 2. The Morgan fingerprint density at radius 2 is 1.61 bits per heavy atom. The summed E-state index contributed by atoms with van der Waals surface area (Å²) in [6.07, 6.45) is 3.19. The number of nitrogens with zero attached hydrogens (tertiary/aromatic N) is 3. The van der Waals surface area contributed by atoms with Crippen molar-refractivity contribution < 1.29 is 19.2 Å². The third-order valence-electron chi connectivity index (χ3n) is 3.50. The summed E-state index contributed by atoms with van der Waals surface area (Å²) in [4.78, 5) is 45.5. The Hall–Kier alpha value is -3.48. The molecule has 3 aromatic rings. The maximum Gasteiger partial charge on any atom is 0.383 e. The van der Waals surface area contributed by atoms with E-state index in [0.717, 1.165) is 0 Å². The standard InChI is InChI=1S/C16H9N3O4/c20-14-10-5-1-2-6-11(10)15(21)19(14)23-16(22)12-9-18-8-4-3-7-13(18)17-12/h1-9H. The number of fused-ring (bicyclic) bond motifs is 2. The fourth-order valence-corrected chi connectivity index (χ4v) is 2.41. The van der Waals surface area contributed by atoms with Crippen LogP contribution in [0.25, 0.3) is 5.65 Å². The van der Waals surface area contributed by atoms with Gasteiger partial charge < -0.3 is 9.24 Å². The van der Waals surface area contributed by atoms with Crippen LogP contribution < -0.4 is 0 Å². The molecule has 0 atom stereocenters. The molecule has 7 nitrogen and oxygen atoms in total. The Bertz CT molecular complexity index is 908. The van der Waals surface area contributed by atoms with Crippen LogP contribution in [-0.2, 0) is 4.84 Å². The lowest BCUT2D eigenvalue weighted by Crippen LogP contribution is -2.32. The number of benzene rings is 1. The van der Waals surface area contributed by atoms with E-state index in [4.69, 9.17) is 4.84 Å². The molecular weight excluding hydrogens is 298 g/mol. The van der Waals surface area contributed by atoms with Gasteiger partial charge in [0, 0.05) is 12.4 Å². The van der Waals surface area contributed by atoms with Crippen molar-refractivity contribution in [3.63, 3.8) is 0 Å².